The van der Waals surface area contributed by atoms with Gasteiger partial charge in [-0.1, -0.05) is 24.3 Å². The van der Waals surface area contributed by atoms with Crippen LogP contribution in [0.15, 0.2) is 36.4 Å². The number of aliphatic hydroxyl groups excluding tert-OH is 1. The lowest BCUT2D eigenvalue weighted by atomic mass is 9.85. The van der Waals surface area contributed by atoms with Gasteiger partial charge < -0.3 is 9.84 Å². The standard InChI is InChI=1S/C19H21NO5/c1-12(21)13-5-4-6-15(9-13)25-11-14(22)10-20-18(23)16-7-2-3-8-17(16)19(20)24/h2-6,9,14,16-17,22H,7-8,10-11H2,1H3/t14-,16-,17-/m1/s1. The second-order valence-electron chi connectivity index (χ2n) is 6.49. The SMILES string of the molecule is CC(=O)c1cccc(OC[C@H](O)CN2C(=O)[C@@H]3CC=CC[C@H]3C2=O)c1. The molecule has 1 aromatic carbocycles. The van der Waals surface area contributed by atoms with E-state index in [1.165, 1.54) is 6.92 Å². The molecule has 2 aliphatic rings. The van der Waals surface area contributed by atoms with E-state index < -0.39 is 6.10 Å². The van der Waals surface area contributed by atoms with Gasteiger partial charge in [-0.15, -0.1) is 0 Å². The van der Waals surface area contributed by atoms with Gasteiger partial charge in [-0.05, 0) is 31.9 Å². The molecule has 1 aromatic rings. The van der Waals surface area contributed by atoms with E-state index in [9.17, 15) is 19.5 Å². The van der Waals surface area contributed by atoms with Gasteiger partial charge in [-0.2, -0.15) is 0 Å². The molecule has 2 amide bonds. The van der Waals surface area contributed by atoms with Crippen LogP contribution in [0.4, 0.5) is 0 Å². The summed E-state index contributed by atoms with van der Waals surface area (Å²) in [6.45, 7) is 1.33. The van der Waals surface area contributed by atoms with Crippen LogP contribution < -0.4 is 4.74 Å². The molecule has 3 atom stereocenters. The number of imide groups is 1. The number of β-amino-alcohol motifs (C(OH)–C–C–N with tert-alkyl or cyclic N) is 1. The van der Waals surface area contributed by atoms with Crippen LogP contribution in [0.5, 0.6) is 5.75 Å². The number of rotatable bonds is 6. The number of ether oxygens (including phenoxy) is 1. The van der Waals surface area contributed by atoms with Crippen molar-refractivity contribution in [1.29, 1.82) is 0 Å². The van der Waals surface area contributed by atoms with E-state index in [4.69, 9.17) is 4.74 Å². The summed E-state index contributed by atoms with van der Waals surface area (Å²) in [7, 11) is 0. The number of carbonyl (C=O) groups excluding carboxylic acids is 3. The van der Waals surface area contributed by atoms with E-state index in [0.717, 1.165) is 4.90 Å². The summed E-state index contributed by atoms with van der Waals surface area (Å²) in [6, 6.07) is 6.67. The largest absolute Gasteiger partial charge is 0.491 e. The van der Waals surface area contributed by atoms with Gasteiger partial charge in [0.25, 0.3) is 0 Å². The Morgan fingerprint density at radius 3 is 2.48 bits per heavy atom. The summed E-state index contributed by atoms with van der Waals surface area (Å²) in [5.41, 5.74) is 0.522. The van der Waals surface area contributed by atoms with Crippen LogP contribution in [0, 0.1) is 11.8 Å². The highest BCUT2D eigenvalue weighted by atomic mass is 16.5. The smallest absolute Gasteiger partial charge is 0.233 e. The molecule has 6 nitrogen and oxygen atoms in total. The van der Waals surface area contributed by atoms with E-state index in [0.29, 0.717) is 24.2 Å². The molecule has 0 bridgehead atoms. The molecule has 1 saturated heterocycles. The Bertz CT molecular complexity index is 700. The maximum absolute atomic E-state index is 12.4. The minimum Gasteiger partial charge on any atom is -0.491 e. The van der Waals surface area contributed by atoms with Crippen molar-refractivity contribution in [1.82, 2.24) is 4.90 Å². The lowest BCUT2D eigenvalue weighted by Gasteiger charge is -2.19. The van der Waals surface area contributed by atoms with Crippen LogP contribution in [-0.2, 0) is 9.59 Å². The summed E-state index contributed by atoms with van der Waals surface area (Å²) in [4.78, 5) is 37.2. The van der Waals surface area contributed by atoms with Crippen molar-refractivity contribution in [2.75, 3.05) is 13.2 Å². The van der Waals surface area contributed by atoms with Crippen molar-refractivity contribution >= 4 is 17.6 Å². The molecule has 25 heavy (non-hydrogen) atoms. The Morgan fingerprint density at radius 1 is 1.24 bits per heavy atom. The van der Waals surface area contributed by atoms with Crippen molar-refractivity contribution in [3.63, 3.8) is 0 Å². The predicted molar refractivity (Wildman–Crippen MR) is 90.0 cm³/mol. The summed E-state index contributed by atoms with van der Waals surface area (Å²) >= 11 is 0. The van der Waals surface area contributed by atoms with Crippen molar-refractivity contribution in [2.45, 2.75) is 25.9 Å². The van der Waals surface area contributed by atoms with E-state index in [-0.39, 0.29) is 42.6 Å². The lowest BCUT2D eigenvalue weighted by Crippen LogP contribution is -2.40. The molecule has 1 aliphatic carbocycles. The third-order valence-electron chi connectivity index (χ3n) is 4.68. The number of ketones is 1. The average Bonchev–Trinajstić information content (AvgIpc) is 2.85. The molecular weight excluding hydrogens is 322 g/mol. The Labute approximate surface area is 146 Å². The Hall–Kier alpha value is -2.47. The second-order valence-corrected chi connectivity index (χ2v) is 6.49. The summed E-state index contributed by atoms with van der Waals surface area (Å²) < 4.78 is 5.49. The number of carbonyl (C=O) groups is 3. The first-order valence-corrected chi connectivity index (χ1v) is 8.39. The van der Waals surface area contributed by atoms with Gasteiger partial charge >= 0.3 is 0 Å². The minimum atomic E-state index is -0.984. The fourth-order valence-corrected chi connectivity index (χ4v) is 3.31. The number of allylic oxidation sites excluding steroid dienone is 2. The highest BCUT2D eigenvalue weighted by Crippen LogP contribution is 2.35. The van der Waals surface area contributed by atoms with Crippen molar-refractivity contribution < 1.29 is 24.2 Å². The molecule has 0 radical (unpaired) electrons. The Balaban J connectivity index is 1.57. The van der Waals surface area contributed by atoms with Crippen LogP contribution >= 0.6 is 0 Å². The lowest BCUT2D eigenvalue weighted by molar-refractivity contribution is -0.141. The zero-order chi connectivity index (χ0) is 18.0. The number of amides is 2. The predicted octanol–water partition coefficient (Wildman–Crippen LogP) is 1.58. The number of fused-ring (bicyclic) bond motifs is 1. The maximum Gasteiger partial charge on any atom is 0.233 e. The quantitative estimate of drug-likeness (QED) is 0.482. The van der Waals surface area contributed by atoms with Crippen LogP contribution in [0.2, 0.25) is 0 Å². The summed E-state index contributed by atoms with van der Waals surface area (Å²) in [6.07, 6.45) is 4.03. The molecule has 1 heterocycles. The van der Waals surface area contributed by atoms with E-state index >= 15 is 0 Å². The van der Waals surface area contributed by atoms with Crippen LogP contribution in [0.1, 0.15) is 30.1 Å². The zero-order valence-corrected chi connectivity index (χ0v) is 14.1. The van der Waals surface area contributed by atoms with Gasteiger partial charge in [0.1, 0.15) is 18.5 Å². The number of likely N-dealkylation sites (tertiary alicyclic amines) is 1. The molecule has 0 saturated carbocycles. The van der Waals surface area contributed by atoms with Gasteiger partial charge in [0.15, 0.2) is 5.78 Å². The van der Waals surface area contributed by atoms with Gasteiger partial charge in [-0.25, -0.2) is 0 Å². The van der Waals surface area contributed by atoms with E-state index in [2.05, 4.69) is 0 Å². The molecule has 0 unspecified atom stereocenters. The van der Waals surface area contributed by atoms with E-state index in [1.54, 1.807) is 24.3 Å². The zero-order valence-electron chi connectivity index (χ0n) is 14.1. The van der Waals surface area contributed by atoms with Gasteiger partial charge in [-0.3, -0.25) is 19.3 Å². The molecule has 0 spiro atoms. The topological polar surface area (TPSA) is 83.9 Å². The first-order valence-electron chi connectivity index (χ1n) is 8.39. The highest BCUT2D eigenvalue weighted by Gasteiger charge is 2.47. The van der Waals surface area contributed by atoms with Gasteiger partial charge in [0.2, 0.25) is 11.8 Å². The van der Waals surface area contributed by atoms with Crippen molar-refractivity contribution in [2.24, 2.45) is 11.8 Å². The van der Waals surface area contributed by atoms with Gasteiger partial charge in [0, 0.05) is 5.56 Å². The summed E-state index contributed by atoms with van der Waals surface area (Å²) in [5.74, 6) is -0.621. The summed E-state index contributed by atoms with van der Waals surface area (Å²) in [5, 5.41) is 10.2. The number of nitrogens with zero attached hydrogens (tertiary/aromatic N) is 1. The number of Topliss-reactive ketones (excluding diaryl/α,β-unsaturated/α-hetero) is 1. The normalized spacial score (nSPS) is 23.5. The molecule has 132 valence electrons. The third-order valence-corrected chi connectivity index (χ3v) is 4.68. The number of aliphatic hydroxyl groups is 1. The van der Waals surface area contributed by atoms with Crippen molar-refractivity contribution in [3.8, 4) is 5.75 Å². The first-order chi connectivity index (χ1) is 12.0. The monoisotopic (exact) mass is 343 g/mol. The first kappa shape index (κ1) is 17.4. The second kappa shape index (κ2) is 7.19. The number of hydrogen-bond acceptors (Lipinski definition) is 5. The molecule has 0 aromatic heterocycles. The Morgan fingerprint density at radius 2 is 1.88 bits per heavy atom. The minimum absolute atomic E-state index is 0.0635. The van der Waals surface area contributed by atoms with Crippen LogP contribution in [0.25, 0.3) is 0 Å². The van der Waals surface area contributed by atoms with Crippen LogP contribution in [-0.4, -0.2) is 46.9 Å². The Kier molecular flexibility index (Phi) is 4.99. The molecule has 1 fully saturated rings. The average molecular weight is 343 g/mol. The molecular formula is C19H21NO5. The van der Waals surface area contributed by atoms with Crippen molar-refractivity contribution in [3.05, 3.63) is 42.0 Å². The van der Waals surface area contributed by atoms with Gasteiger partial charge in [0.05, 0.1) is 18.4 Å². The highest BCUT2D eigenvalue weighted by molar-refractivity contribution is 6.05. The molecule has 1 N–H and O–H groups in total. The van der Waals surface area contributed by atoms with E-state index in [1.807, 2.05) is 12.2 Å². The fourth-order valence-electron chi connectivity index (χ4n) is 3.31. The van der Waals surface area contributed by atoms with Crippen LogP contribution in [0.3, 0.4) is 0 Å². The number of benzene rings is 1. The molecule has 1 aliphatic heterocycles. The third kappa shape index (κ3) is 3.64. The number of hydrogen-bond donors (Lipinski definition) is 1. The molecule has 3 rings (SSSR count). The molecule has 6 heteroatoms. The fraction of sp³-hybridized carbons (Fsp3) is 0.421. The maximum atomic E-state index is 12.4.